The molecule has 0 N–H and O–H groups in total. The molecular weight excluding hydrogens is 408 g/mol. The van der Waals surface area contributed by atoms with Crippen LogP contribution in [0.15, 0.2) is 42.9 Å². The minimum atomic E-state index is 0.230. The van der Waals surface area contributed by atoms with Gasteiger partial charge in [-0.25, -0.2) is 9.97 Å². The Kier molecular flexibility index (Phi) is 5.55. The van der Waals surface area contributed by atoms with Crippen molar-refractivity contribution < 1.29 is 4.79 Å². The van der Waals surface area contributed by atoms with Crippen molar-refractivity contribution in [1.29, 1.82) is 0 Å². The number of rotatable bonds is 6. The maximum Gasteiger partial charge on any atom is 0.222 e. The summed E-state index contributed by atoms with van der Waals surface area (Å²) < 4.78 is 1.95. The van der Waals surface area contributed by atoms with Gasteiger partial charge in [0.25, 0.3) is 0 Å². The lowest BCUT2D eigenvalue weighted by Crippen LogP contribution is -2.49. The van der Waals surface area contributed by atoms with Crippen LogP contribution < -0.4 is 4.90 Å². The fourth-order valence-electron chi connectivity index (χ4n) is 4.17. The lowest BCUT2D eigenvalue weighted by molar-refractivity contribution is -0.131. The number of carbonyl (C=O) groups is 1. The minimum absolute atomic E-state index is 0.230. The van der Waals surface area contributed by atoms with Crippen LogP contribution >= 0.6 is 11.3 Å². The van der Waals surface area contributed by atoms with Gasteiger partial charge in [0.05, 0.1) is 10.9 Å². The van der Waals surface area contributed by atoms with Crippen LogP contribution in [0.3, 0.4) is 0 Å². The summed E-state index contributed by atoms with van der Waals surface area (Å²) in [6.07, 6.45) is 6.07. The molecule has 5 rings (SSSR count). The van der Waals surface area contributed by atoms with E-state index in [-0.39, 0.29) is 5.91 Å². The zero-order chi connectivity index (χ0) is 21.2. The summed E-state index contributed by atoms with van der Waals surface area (Å²) in [7, 11) is 0. The van der Waals surface area contributed by atoms with Crippen LogP contribution in [0, 0.1) is 0 Å². The van der Waals surface area contributed by atoms with Crippen molar-refractivity contribution in [1.82, 2.24) is 24.6 Å². The Bertz CT molecular complexity index is 1170. The van der Waals surface area contributed by atoms with Crippen LogP contribution in [-0.2, 0) is 17.8 Å². The highest BCUT2D eigenvalue weighted by molar-refractivity contribution is 7.18. The third-order valence-corrected chi connectivity index (χ3v) is 7.07. The number of carbonyl (C=O) groups excluding carboxylic acids is 1. The standard InChI is InChI=1S/C23H26N6OS/c1-2-18-14-19-22(24-16-25-23(19)31-18)28-12-10-27(11-13-28)21(30)8-5-9-29-15-17-6-3-4-7-20(17)26-29/h3-4,6-7,14-16H,2,5,8-13H2,1H3. The molecule has 1 aliphatic heterocycles. The third kappa shape index (κ3) is 4.12. The maximum atomic E-state index is 12.7. The van der Waals surface area contributed by atoms with Gasteiger partial charge < -0.3 is 9.80 Å². The molecule has 0 bridgehead atoms. The summed E-state index contributed by atoms with van der Waals surface area (Å²) in [6.45, 7) is 6.01. The summed E-state index contributed by atoms with van der Waals surface area (Å²) in [6, 6.07) is 10.3. The van der Waals surface area contributed by atoms with Crippen molar-refractivity contribution in [2.75, 3.05) is 31.1 Å². The molecule has 8 heteroatoms. The minimum Gasteiger partial charge on any atom is -0.352 e. The lowest BCUT2D eigenvalue weighted by Gasteiger charge is -2.35. The molecule has 1 fully saturated rings. The molecule has 0 radical (unpaired) electrons. The topological polar surface area (TPSA) is 67.2 Å². The SMILES string of the molecule is CCc1cc2c(N3CCN(C(=O)CCCn4cc5ccccc5n4)CC3)ncnc2s1. The number of anilines is 1. The molecular formula is C23H26N6OS. The summed E-state index contributed by atoms with van der Waals surface area (Å²) in [5.41, 5.74) is 1.00. The van der Waals surface area contributed by atoms with E-state index in [4.69, 9.17) is 0 Å². The number of fused-ring (bicyclic) bond motifs is 2. The number of benzene rings is 1. The molecule has 1 aromatic carbocycles. The monoisotopic (exact) mass is 434 g/mol. The van der Waals surface area contributed by atoms with Crippen molar-refractivity contribution in [3.8, 4) is 0 Å². The average Bonchev–Trinajstić information content (AvgIpc) is 3.42. The van der Waals surface area contributed by atoms with Crippen molar-refractivity contribution in [2.24, 2.45) is 0 Å². The van der Waals surface area contributed by atoms with Gasteiger partial charge in [-0.05, 0) is 25.0 Å². The predicted octanol–water partition coefficient (Wildman–Crippen LogP) is 3.73. The smallest absolute Gasteiger partial charge is 0.222 e. The number of aromatic nitrogens is 4. The third-order valence-electron chi connectivity index (χ3n) is 5.88. The second kappa shape index (κ2) is 8.63. The largest absolute Gasteiger partial charge is 0.352 e. The Morgan fingerprint density at radius 1 is 1.13 bits per heavy atom. The van der Waals surface area contributed by atoms with E-state index in [1.165, 1.54) is 4.88 Å². The van der Waals surface area contributed by atoms with E-state index >= 15 is 0 Å². The first-order valence-corrected chi connectivity index (χ1v) is 11.7. The first-order valence-electron chi connectivity index (χ1n) is 10.9. The van der Waals surface area contributed by atoms with E-state index in [1.54, 1.807) is 17.7 Å². The molecule has 0 aliphatic carbocycles. The van der Waals surface area contributed by atoms with Crippen molar-refractivity contribution in [3.63, 3.8) is 0 Å². The van der Waals surface area contributed by atoms with Crippen LogP contribution in [0.2, 0.25) is 0 Å². The molecule has 1 amide bonds. The molecule has 3 aromatic heterocycles. The van der Waals surface area contributed by atoms with Gasteiger partial charge >= 0.3 is 0 Å². The molecule has 0 spiro atoms. The maximum absolute atomic E-state index is 12.7. The van der Waals surface area contributed by atoms with Gasteiger partial charge in [-0.1, -0.05) is 25.1 Å². The van der Waals surface area contributed by atoms with Crippen molar-refractivity contribution in [2.45, 2.75) is 32.7 Å². The van der Waals surface area contributed by atoms with Crippen LogP contribution in [0.5, 0.6) is 0 Å². The predicted molar refractivity (Wildman–Crippen MR) is 125 cm³/mol. The molecule has 1 saturated heterocycles. The molecule has 0 unspecified atom stereocenters. The van der Waals surface area contributed by atoms with E-state index in [2.05, 4.69) is 45.2 Å². The zero-order valence-electron chi connectivity index (χ0n) is 17.7. The summed E-state index contributed by atoms with van der Waals surface area (Å²) in [5.74, 6) is 1.23. The highest BCUT2D eigenvalue weighted by Gasteiger charge is 2.23. The number of amides is 1. The van der Waals surface area contributed by atoms with Gasteiger partial charge in [0.1, 0.15) is 17.0 Å². The van der Waals surface area contributed by atoms with E-state index in [0.29, 0.717) is 6.42 Å². The van der Waals surface area contributed by atoms with Crippen LogP contribution in [0.4, 0.5) is 5.82 Å². The Labute approximate surface area is 185 Å². The number of aryl methyl sites for hydroxylation is 2. The number of piperazine rings is 1. The average molecular weight is 435 g/mol. The Morgan fingerprint density at radius 3 is 2.77 bits per heavy atom. The summed E-state index contributed by atoms with van der Waals surface area (Å²) >= 11 is 1.74. The first kappa shape index (κ1) is 19.9. The number of nitrogens with zero attached hydrogens (tertiary/aromatic N) is 6. The lowest BCUT2D eigenvalue weighted by atomic mass is 10.2. The van der Waals surface area contributed by atoms with Crippen molar-refractivity contribution in [3.05, 3.63) is 47.7 Å². The highest BCUT2D eigenvalue weighted by Crippen LogP contribution is 2.31. The van der Waals surface area contributed by atoms with E-state index in [9.17, 15) is 4.79 Å². The molecule has 0 saturated carbocycles. The second-order valence-electron chi connectivity index (χ2n) is 7.90. The Hall–Kier alpha value is -3.00. The Morgan fingerprint density at radius 2 is 1.97 bits per heavy atom. The van der Waals surface area contributed by atoms with Crippen LogP contribution in [0.25, 0.3) is 21.1 Å². The molecule has 4 aromatic rings. The van der Waals surface area contributed by atoms with Crippen LogP contribution in [-0.4, -0.2) is 56.7 Å². The van der Waals surface area contributed by atoms with Gasteiger partial charge in [-0.15, -0.1) is 11.3 Å². The first-order chi connectivity index (χ1) is 15.2. The van der Waals surface area contributed by atoms with Gasteiger partial charge in [0.2, 0.25) is 5.91 Å². The Balaban J connectivity index is 1.15. The van der Waals surface area contributed by atoms with E-state index in [0.717, 1.165) is 72.5 Å². The van der Waals surface area contributed by atoms with E-state index < -0.39 is 0 Å². The summed E-state index contributed by atoms with van der Waals surface area (Å²) in [5, 5.41) is 6.85. The molecule has 4 heterocycles. The zero-order valence-corrected chi connectivity index (χ0v) is 18.5. The number of thiophene rings is 1. The van der Waals surface area contributed by atoms with Crippen molar-refractivity contribution >= 4 is 44.2 Å². The fraction of sp³-hybridized carbons (Fsp3) is 0.391. The number of hydrogen-bond donors (Lipinski definition) is 0. The van der Waals surface area contributed by atoms with Crippen LogP contribution in [0.1, 0.15) is 24.6 Å². The van der Waals surface area contributed by atoms with E-state index in [1.807, 2.05) is 27.8 Å². The molecule has 7 nitrogen and oxygen atoms in total. The molecule has 1 aliphatic rings. The fourth-order valence-corrected chi connectivity index (χ4v) is 5.10. The normalized spacial score (nSPS) is 14.6. The molecule has 160 valence electrons. The van der Waals surface area contributed by atoms with Gasteiger partial charge in [-0.2, -0.15) is 5.10 Å². The van der Waals surface area contributed by atoms with Gasteiger partial charge in [-0.3, -0.25) is 9.48 Å². The highest BCUT2D eigenvalue weighted by atomic mass is 32.1. The summed E-state index contributed by atoms with van der Waals surface area (Å²) in [4.78, 5) is 28.3. The number of hydrogen-bond acceptors (Lipinski definition) is 6. The van der Waals surface area contributed by atoms with Gasteiger partial charge in [0.15, 0.2) is 0 Å². The molecule has 0 atom stereocenters. The quantitative estimate of drug-likeness (QED) is 0.463. The molecule has 31 heavy (non-hydrogen) atoms. The van der Waals surface area contributed by atoms with Gasteiger partial charge in [0, 0.05) is 55.6 Å². The second-order valence-corrected chi connectivity index (χ2v) is 9.02.